The molecule has 0 spiro atoms. The lowest BCUT2D eigenvalue weighted by atomic mass is 9.92. The van der Waals surface area contributed by atoms with Crippen molar-refractivity contribution in [2.24, 2.45) is 0 Å². The van der Waals surface area contributed by atoms with Gasteiger partial charge < -0.3 is 0 Å². The van der Waals surface area contributed by atoms with Crippen LogP contribution in [0.25, 0.3) is 0 Å². The maximum absolute atomic E-state index is 8.80. The van der Waals surface area contributed by atoms with Crippen LogP contribution in [-0.4, -0.2) is 18.5 Å². The third-order valence-corrected chi connectivity index (χ3v) is 3.12. The first-order valence-electron chi connectivity index (χ1n) is 4.95. The van der Waals surface area contributed by atoms with E-state index in [0.717, 1.165) is 18.5 Å². The van der Waals surface area contributed by atoms with Gasteiger partial charge in [-0.15, -0.1) is 0 Å². The van der Waals surface area contributed by atoms with Crippen LogP contribution in [-0.2, 0) is 6.42 Å². The van der Waals surface area contributed by atoms with E-state index in [1.807, 2.05) is 12.1 Å². The highest BCUT2D eigenvalue weighted by Gasteiger charge is 2.20. The van der Waals surface area contributed by atoms with Crippen LogP contribution >= 0.6 is 0 Å². The Morgan fingerprint density at radius 3 is 3.00 bits per heavy atom. The van der Waals surface area contributed by atoms with E-state index >= 15 is 0 Å². The van der Waals surface area contributed by atoms with Gasteiger partial charge in [-0.2, -0.15) is 5.26 Å². The van der Waals surface area contributed by atoms with Crippen LogP contribution in [0, 0.1) is 11.3 Å². The van der Waals surface area contributed by atoms with Gasteiger partial charge in [-0.3, -0.25) is 4.90 Å². The molecule has 1 aliphatic rings. The van der Waals surface area contributed by atoms with Gasteiger partial charge in [-0.25, -0.2) is 0 Å². The predicted octanol–water partition coefficient (Wildman–Crippen LogP) is 2.11. The molecule has 1 aliphatic heterocycles. The van der Waals surface area contributed by atoms with Crippen molar-refractivity contribution in [2.45, 2.75) is 19.4 Å². The number of benzene rings is 1. The summed E-state index contributed by atoms with van der Waals surface area (Å²) in [5.74, 6) is 0. The lowest BCUT2D eigenvalue weighted by Gasteiger charge is -2.32. The molecule has 1 aromatic carbocycles. The molecule has 2 rings (SSSR count). The smallest absolute Gasteiger partial charge is 0.0991 e. The first-order valence-corrected chi connectivity index (χ1v) is 4.95. The molecule has 0 aliphatic carbocycles. The van der Waals surface area contributed by atoms with Gasteiger partial charge >= 0.3 is 0 Å². The van der Waals surface area contributed by atoms with Crippen LogP contribution in [0.1, 0.15) is 29.7 Å². The van der Waals surface area contributed by atoms with Crippen LogP contribution in [0.4, 0.5) is 0 Å². The molecular formula is C12H14N2. The van der Waals surface area contributed by atoms with Crippen molar-refractivity contribution < 1.29 is 0 Å². The lowest BCUT2D eigenvalue weighted by Crippen LogP contribution is -2.30. The van der Waals surface area contributed by atoms with Crippen molar-refractivity contribution >= 4 is 0 Å². The second-order valence-corrected chi connectivity index (χ2v) is 3.93. The van der Waals surface area contributed by atoms with Gasteiger partial charge in [0.05, 0.1) is 11.6 Å². The Hall–Kier alpha value is -1.33. The van der Waals surface area contributed by atoms with E-state index in [2.05, 4.69) is 31.0 Å². The van der Waals surface area contributed by atoms with E-state index in [4.69, 9.17) is 5.26 Å². The van der Waals surface area contributed by atoms with Crippen molar-refractivity contribution in [3.8, 4) is 6.07 Å². The summed E-state index contributed by atoms with van der Waals surface area (Å²) in [4.78, 5) is 2.34. The van der Waals surface area contributed by atoms with Crippen molar-refractivity contribution in [1.82, 2.24) is 4.90 Å². The number of nitriles is 1. The highest BCUT2D eigenvalue weighted by atomic mass is 15.1. The third kappa shape index (κ3) is 1.40. The quantitative estimate of drug-likeness (QED) is 0.620. The molecule has 0 radical (unpaired) electrons. The van der Waals surface area contributed by atoms with Crippen molar-refractivity contribution in [3.63, 3.8) is 0 Å². The minimum atomic E-state index is 0.478. The molecule has 72 valence electrons. The van der Waals surface area contributed by atoms with E-state index in [-0.39, 0.29) is 0 Å². The number of rotatable bonds is 0. The number of fused-ring (bicyclic) bond motifs is 1. The molecule has 0 N–H and O–H groups in total. The fraction of sp³-hybridized carbons (Fsp3) is 0.417. The highest BCUT2D eigenvalue weighted by Crippen LogP contribution is 2.28. The zero-order valence-electron chi connectivity index (χ0n) is 8.62. The predicted molar refractivity (Wildman–Crippen MR) is 55.9 cm³/mol. The third-order valence-electron chi connectivity index (χ3n) is 3.12. The Labute approximate surface area is 84.8 Å². The Kier molecular flexibility index (Phi) is 2.26. The van der Waals surface area contributed by atoms with Crippen LogP contribution < -0.4 is 0 Å². The van der Waals surface area contributed by atoms with Crippen molar-refractivity contribution in [2.75, 3.05) is 13.6 Å². The maximum atomic E-state index is 8.80. The molecule has 2 heteroatoms. The first kappa shape index (κ1) is 9.23. The summed E-state index contributed by atoms with van der Waals surface area (Å²) in [6.07, 6.45) is 1.06. The molecule has 1 aromatic rings. The van der Waals surface area contributed by atoms with Crippen LogP contribution in [0.2, 0.25) is 0 Å². The minimum Gasteiger partial charge on any atom is -0.299 e. The van der Waals surface area contributed by atoms with Crippen LogP contribution in [0.3, 0.4) is 0 Å². The highest BCUT2D eigenvalue weighted by molar-refractivity contribution is 5.40. The number of likely N-dealkylation sites (N-methyl/N-ethyl adjacent to an activating group) is 1. The summed E-state index contributed by atoms with van der Waals surface area (Å²) in [6.45, 7) is 3.30. The molecule has 0 aromatic heterocycles. The standard InChI is InChI=1S/C12H14N2/c1-9-12-4-3-10(8-13)7-11(12)5-6-14(9)2/h3-4,7,9H,5-6H2,1-2H3. The molecule has 2 nitrogen and oxygen atoms in total. The summed E-state index contributed by atoms with van der Waals surface area (Å²) >= 11 is 0. The molecule has 1 unspecified atom stereocenters. The van der Waals surface area contributed by atoms with E-state index in [9.17, 15) is 0 Å². The Morgan fingerprint density at radius 2 is 2.29 bits per heavy atom. The van der Waals surface area contributed by atoms with E-state index in [1.54, 1.807) is 0 Å². The molecule has 0 bridgehead atoms. The van der Waals surface area contributed by atoms with Crippen molar-refractivity contribution in [3.05, 3.63) is 34.9 Å². The summed E-state index contributed by atoms with van der Waals surface area (Å²) < 4.78 is 0. The summed E-state index contributed by atoms with van der Waals surface area (Å²) in [5, 5.41) is 8.80. The molecule has 0 saturated heterocycles. The molecule has 0 amide bonds. The maximum Gasteiger partial charge on any atom is 0.0991 e. The first-order chi connectivity index (χ1) is 6.72. The number of nitrogens with zero attached hydrogens (tertiary/aromatic N) is 2. The Bertz CT molecular complexity index is 390. The van der Waals surface area contributed by atoms with Crippen molar-refractivity contribution in [1.29, 1.82) is 5.26 Å². The molecule has 14 heavy (non-hydrogen) atoms. The lowest BCUT2D eigenvalue weighted by molar-refractivity contribution is 0.247. The van der Waals surface area contributed by atoms with Gasteiger partial charge in [0.1, 0.15) is 0 Å². The average Bonchev–Trinajstić information content (AvgIpc) is 2.23. The zero-order chi connectivity index (χ0) is 10.1. The van der Waals surface area contributed by atoms with Gasteiger partial charge in [0.15, 0.2) is 0 Å². The largest absolute Gasteiger partial charge is 0.299 e. The summed E-state index contributed by atoms with van der Waals surface area (Å²) in [5.41, 5.74) is 3.49. The minimum absolute atomic E-state index is 0.478. The molecule has 1 atom stereocenters. The van der Waals surface area contributed by atoms with E-state index in [1.165, 1.54) is 11.1 Å². The van der Waals surface area contributed by atoms with Gasteiger partial charge in [0.25, 0.3) is 0 Å². The number of hydrogen-bond donors (Lipinski definition) is 0. The Balaban J connectivity index is 2.45. The average molecular weight is 186 g/mol. The molecule has 0 saturated carbocycles. The monoisotopic (exact) mass is 186 g/mol. The van der Waals surface area contributed by atoms with Gasteiger partial charge in [-0.05, 0) is 43.7 Å². The van der Waals surface area contributed by atoms with E-state index in [0.29, 0.717) is 6.04 Å². The normalized spacial score (nSPS) is 21.4. The SMILES string of the molecule is CC1c2ccc(C#N)cc2CCN1C. The topological polar surface area (TPSA) is 27.0 Å². The van der Waals surface area contributed by atoms with Gasteiger partial charge in [-0.1, -0.05) is 6.07 Å². The second-order valence-electron chi connectivity index (χ2n) is 3.93. The summed E-state index contributed by atoms with van der Waals surface area (Å²) in [7, 11) is 2.14. The van der Waals surface area contributed by atoms with Crippen LogP contribution in [0.5, 0.6) is 0 Å². The second kappa shape index (κ2) is 3.43. The van der Waals surface area contributed by atoms with Gasteiger partial charge in [0, 0.05) is 12.6 Å². The fourth-order valence-corrected chi connectivity index (χ4v) is 2.03. The summed E-state index contributed by atoms with van der Waals surface area (Å²) in [6, 6.07) is 8.70. The van der Waals surface area contributed by atoms with Gasteiger partial charge in [0.2, 0.25) is 0 Å². The Morgan fingerprint density at radius 1 is 1.50 bits per heavy atom. The molecule has 1 heterocycles. The molecular weight excluding hydrogens is 172 g/mol. The fourth-order valence-electron chi connectivity index (χ4n) is 2.03. The van der Waals surface area contributed by atoms with E-state index < -0.39 is 0 Å². The van der Waals surface area contributed by atoms with Crippen LogP contribution in [0.15, 0.2) is 18.2 Å². The zero-order valence-corrected chi connectivity index (χ0v) is 8.62. The molecule has 0 fully saturated rings. The number of hydrogen-bond acceptors (Lipinski definition) is 2.